The van der Waals surface area contributed by atoms with Crippen molar-refractivity contribution in [1.29, 1.82) is 0 Å². The molecular formula is C28H34BN2+. The first kappa shape index (κ1) is 20.4. The number of aryl methyl sites for hydroxylation is 1. The van der Waals surface area contributed by atoms with Crippen LogP contribution < -0.4 is 15.0 Å². The van der Waals surface area contributed by atoms with Crippen molar-refractivity contribution in [3.8, 4) is 0 Å². The van der Waals surface area contributed by atoms with E-state index in [0.717, 1.165) is 5.92 Å². The van der Waals surface area contributed by atoms with E-state index in [0.29, 0.717) is 0 Å². The van der Waals surface area contributed by atoms with Crippen molar-refractivity contribution >= 4 is 34.6 Å². The SMILES string of the molecule is CC1=C(C)c2ccccc2N(C)B1c1cc(CC2CCCCC2)c2ccccc2[n+]1C. The van der Waals surface area contributed by atoms with Gasteiger partial charge in [-0.1, -0.05) is 67.9 Å². The minimum Gasteiger partial charge on any atom is -0.404 e. The summed E-state index contributed by atoms with van der Waals surface area (Å²) in [5, 5.41) is 1.43. The Bertz CT molecular complexity index is 1160. The van der Waals surface area contributed by atoms with Crippen LogP contribution in [0.3, 0.4) is 0 Å². The van der Waals surface area contributed by atoms with E-state index in [9.17, 15) is 0 Å². The van der Waals surface area contributed by atoms with E-state index in [1.165, 1.54) is 82.9 Å². The number of nitrogens with zero attached hydrogens (tertiary/aromatic N) is 2. The van der Waals surface area contributed by atoms with Gasteiger partial charge >= 0.3 is 6.85 Å². The smallest absolute Gasteiger partial charge is 0.399 e. The fourth-order valence-electron chi connectivity index (χ4n) is 6.03. The molecule has 158 valence electrons. The fraction of sp³-hybridized carbons (Fsp3) is 0.393. The molecule has 3 aromatic rings. The summed E-state index contributed by atoms with van der Waals surface area (Å²) >= 11 is 0. The highest BCUT2D eigenvalue weighted by Gasteiger charge is 2.39. The lowest BCUT2D eigenvalue weighted by Crippen LogP contribution is -2.62. The predicted molar refractivity (Wildman–Crippen MR) is 134 cm³/mol. The van der Waals surface area contributed by atoms with Gasteiger partial charge in [-0.15, -0.1) is 0 Å². The lowest BCUT2D eigenvalue weighted by molar-refractivity contribution is -0.627. The highest BCUT2D eigenvalue weighted by atomic mass is 15.1. The molecule has 3 heteroatoms. The zero-order chi connectivity index (χ0) is 21.5. The summed E-state index contributed by atoms with van der Waals surface area (Å²) in [5.74, 6) is 0.834. The molecule has 1 fully saturated rings. The Morgan fingerprint density at radius 1 is 0.968 bits per heavy atom. The molecule has 0 amide bonds. The standard InChI is InChI=1S/C28H34BN2/c1-20-21(2)29(31(4)27-17-11-8-14-24(20)27)28-19-23(18-22-12-6-5-7-13-22)25-15-9-10-16-26(25)30(28)3/h8-11,14-17,19,22H,5-7,12-13,18H2,1-4H3/q+1. The minimum atomic E-state index is 0.259. The molecule has 2 nitrogen and oxygen atoms in total. The monoisotopic (exact) mass is 409 g/mol. The molecule has 5 rings (SSSR count). The molecule has 0 spiro atoms. The van der Waals surface area contributed by atoms with Gasteiger partial charge in [0.25, 0.3) is 0 Å². The van der Waals surface area contributed by atoms with Gasteiger partial charge in [0.1, 0.15) is 7.05 Å². The summed E-state index contributed by atoms with van der Waals surface area (Å²) in [6, 6.07) is 20.4. The van der Waals surface area contributed by atoms with Gasteiger partial charge in [0, 0.05) is 23.2 Å². The quantitative estimate of drug-likeness (QED) is 0.411. The Hall–Kier alpha value is -2.55. The maximum Gasteiger partial charge on any atom is 0.399 e. The number of para-hydroxylation sites is 2. The van der Waals surface area contributed by atoms with E-state index in [-0.39, 0.29) is 6.85 Å². The molecule has 0 atom stereocenters. The molecule has 31 heavy (non-hydrogen) atoms. The summed E-state index contributed by atoms with van der Waals surface area (Å²) in [7, 11) is 4.51. The third-order valence-corrected chi connectivity index (χ3v) is 7.91. The van der Waals surface area contributed by atoms with Crippen molar-refractivity contribution < 1.29 is 4.57 Å². The first-order valence-corrected chi connectivity index (χ1v) is 12.0. The predicted octanol–water partition coefficient (Wildman–Crippen LogP) is 5.47. The van der Waals surface area contributed by atoms with E-state index in [1.807, 2.05) is 0 Å². The second-order valence-electron chi connectivity index (χ2n) is 9.72. The second-order valence-corrected chi connectivity index (χ2v) is 9.72. The average Bonchev–Trinajstić information content (AvgIpc) is 2.81. The molecule has 0 unspecified atom stereocenters. The molecule has 2 heterocycles. The van der Waals surface area contributed by atoms with E-state index in [4.69, 9.17) is 0 Å². The van der Waals surface area contributed by atoms with Gasteiger partial charge < -0.3 is 4.81 Å². The number of allylic oxidation sites excluding steroid dienone is 2. The molecule has 2 aliphatic rings. The Balaban J connectivity index is 1.66. The van der Waals surface area contributed by atoms with Crippen LogP contribution in [-0.4, -0.2) is 13.9 Å². The highest BCUT2D eigenvalue weighted by molar-refractivity contribution is 6.83. The van der Waals surface area contributed by atoms with E-state index >= 15 is 0 Å². The number of fused-ring (bicyclic) bond motifs is 2. The van der Waals surface area contributed by atoms with E-state index in [1.54, 1.807) is 0 Å². The maximum absolute atomic E-state index is 2.53. The van der Waals surface area contributed by atoms with Crippen molar-refractivity contribution in [3.05, 3.63) is 71.2 Å². The van der Waals surface area contributed by atoms with Gasteiger partial charge in [-0.3, -0.25) is 0 Å². The third kappa shape index (κ3) is 3.48. The Morgan fingerprint density at radius 2 is 1.68 bits per heavy atom. The Morgan fingerprint density at radius 3 is 2.48 bits per heavy atom. The number of anilines is 1. The fourth-order valence-corrected chi connectivity index (χ4v) is 6.03. The second kappa shape index (κ2) is 8.18. The lowest BCUT2D eigenvalue weighted by atomic mass is 9.47. The molecular weight excluding hydrogens is 375 g/mol. The third-order valence-electron chi connectivity index (χ3n) is 7.91. The van der Waals surface area contributed by atoms with Gasteiger partial charge in [0.15, 0.2) is 5.59 Å². The lowest BCUT2D eigenvalue weighted by Gasteiger charge is -2.34. The number of rotatable bonds is 3. The summed E-state index contributed by atoms with van der Waals surface area (Å²) in [5.41, 5.74) is 9.86. The molecule has 0 saturated heterocycles. The van der Waals surface area contributed by atoms with Crippen LogP contribution in [0.2, 0.25) is 0 Å². The molecule has 0 N–H and O–H groups in total. The summed E-state index contributed by atoms with van der Waals surface area (Å²) < 4.78 is 2.44. The van der Waals surface area contributed by atoms with Gasteiger partial charge in [-0.2, -0.15) is 0 Å². The van der Waals surface area contributed by atoms with Gasteiger partial charge in [-0.25, -0.2) is 4.57 Å². The van der Waals surface area contributed by atoms with Crippen LogP contribution >= 0.6 is 0 Å². The van der Waals surface area contributed by atoms with Crippen LogP contribution in [0.15, 0.2) is 60.1 Å². The van der Waals surface area contributed by atoms with Crippen molar-refractivity contribution in [2.24, 2.45) is 13.0 Å². The summed E-state index contributed by atoms with van der Waals surface area (Å²) in [6.45, 7) is 4.87. The van der Waals surface area contributed by atoms with Crippen LogP contribution in [0, 0.1) is 5.92 Å². The molecule has 1 aromatic heterocycles. The molecule has 1 aliphatic carbocycles. The first-order valence-electron chi connectivity index (χ1n) is 12.0. The average molecular weight is 409 g/mol. The topological polar surface area (TPSA) is 7.12 Å². The van der Waals surface area contributed by atoms with Crippen molar-refractivity contribution in [2.75, 3.05) is 11.9 Å². The summed E-state index contributed by atoms with van der Waals surface area (Å²) in [6.07, 6.45) is 8.21. The number of benzene rings is 2. The first-order chi connectivity index (χ1) is 15.1. The van der Waals surface area contributed by atoms with Crippen LogP contribution in [0.1, 0.15) is 57.1 Å². The van der Waals surface area contributed by atoms with Crippen LogP contribution in [0.4, 0.5) is 5.69 Å². The number of hydrogen-bond acceptors (Lipinski definition) is 1. The van der Waals surface area contributed by atoms with Crippen molar-refractivity contribution in [2.45, 2.75) is 52.4 Å². The van der Waals surface area contributed by atoms with Crippen LogP contribution in [-0.2, 0) is 13.5 Å². The minimum absolute atomic E-state index is 0.259. The number of hydrogen-bond donors (Lipinski definition) is 0. The largest absolute Gasteiger partial charge is 0.404 e. The normalized spacial score (nSPS) is 17.4. The van der Waals surface area contributed by atoms with Crippen LogP contribution in [0.25, 0.3) is 16.5 Å². The van der Waals surface area contributed by atoms with E-state index in [2.05, 4.69) is 91.9 Å². The zero-order valence-corrected chi connectivity index (χ0v) is 19.5. The van der Waals surface area contributed by atoms with Gasteiger partial charge in [0.2, 0.25) is 5.52 Å². The number of aromatic nitrogens is 1. The Kier molecular flexibility index (Phi) is 5.38. The zero-order valence-electron chi connectivity index (χ0n) is 19.5. The maximum atomic E-state index is 2.53. The number of pyridine rings is 1. The molecule has 2 aromatic carbocycles. The summed E-state index contributed by atoms with van der Waals surface area (Å²) in [4.78, 5) is 2.48. The van der Waals surface area contributed by atoms with Crippen molar-refractivity contribution in [3.63, 3.8) is 0 Å². The molecule has 0 bridgehead atoms. The van der Waals surface area contributed by atoms with Crippen LogP contribution in [0.5, 0.6) is 0 Å². The van der Waals surface area contributed by atoms with E-state index < -0.39 is 0 Å². The van der Waals surface area contributed by atoms with Gasteiger partial charge in [0.05, 0.1) is 0 Å². The van der Waals surface area contributed by atoms with Gasteiger partial charge in [-0.05, 0) is 62.1 Å². The molecule has 1 saturated carbocycles. The molecule has 0 radical (unpaired) electrons. The Labute approximate surface area is 187 Å². The highest BCUT2D eigenvalue weighted by Crippen LogP contribution is 2.35. The van der Waals surface area contributed by atoms with Crippen molar-refractivity contribution in [1.82, 2.24) is 0 Å². The molecule has 1 aliphatic heterocycles.